The number of amides is 1. The highest BCUT2D eigenvalue weighted by Gasteiger charge is 2.32. The van der Waals surface area contributed by atoms with E-state index in [1.807, 2.05) is 0 Å². The summed E-state index contributed by atoms with van der Waals surface area (Å²) in [5, 5.41) is 27.1. The van der Waals surface area contributed by atoms with E-state index < -0.39 is 23.1 Å². The number of rotatable bonds is 6. The summed E-state index contributed by atoms with van der Waals surface area (Å²) in [6, 6.07) is 4.26. The van der Waals surface area contributed by atoms with Crippen molar-refractivity contribution in [3.63, 3.8) is 0 Å². The molecule has 1 atom stereocenters. The number of nitrogens with one attached hydrogen (secondary N) is 1. The molecule has 1 amide bonds. The van der Waals surface area contributed by atoms with Crippen LogP contribution in [0.15, 0.2) is 28.4 Å². The van der Waals surface area contributed by atoms with Gasteiger partial charge in [0.05, 0.1) is 25.3 Å². The Morgan fingerprint density at radius 3 is 2.79 bits per heavy atom. The summed E-state index contributed by atoms with van der Waals surface area (Å²) < 4.78 is 5.11. The summed E-state index contributed by atoms with van der Waals surface area (Å²) in [7, 11) is 1.43. The standard InChI is InChI=1S/C14H13N3O6S/c1-23-9-3-2-7(13(21)22)4-8(9)6-15-17-14-16-12(20)10(24-14)5-11(18)19/h2-4,6,10H,5H2,1H3,(H,18,19)(H,21,22)(H,16,17,20). The lowest BCUT2D eigenvalue weighted by atomic mass is 10.1. The molecule has 1 saturated heterocycles. The van der Waals surface area contributed by atoms with Crippen LogP contribution in [-0.2, 0) is 9.59 Å². The first-order chi connectivity index (χ1) is 11.4. The second-order valence-electron chi connectivity index (χ2n) is 4.61. The van der Waals surface area contributed by atoms with E-state index in [-0.39, 0.29) is 17.2 Å². The van der Waals surface area contributed by atoms with E-state index >= 15 is 0 Å². The monoisotopic (exact) mass is 351 g/mol. The van der Waals surface area contributed by atoms with Crippen LogP contribution in [0, 0.1) is 0 Å². The second kappa shape index (κ2) is 7.59. The third kappa shape index (κ3) is 4.32. The number of hydrogen-bond donors (Lipinski definition) is 3. The minimum atomic E-state index is -1.09. The van der Waals surface area contributed by atoms with Crippen LogP contribution in [0.3, 0.4) is 0 Å². The van der Waals surface area contributed by atoms with Gasteiger partial charge in [0.15, 0.2) is 5.17 Å². The van der Waals surface area contributed by atoms with Crippen LogP contribution in [0.5, 0.6) is 5.75 Å². The van der Waals surface area contributed by atoms with Crippen molar-refractivity contribution in [3.05, 3.63) is 29.3 Å². The van der Waals surface area contributed by atoms with Crippen LogP contribution in [0.2, 0.25) is 0 Å². The molecule has 0 saturated carbocycles. The number of methoxy groups -OCH3 is 1. The third-order valence-corrected chi connectivity index (χ3v) is 4.03. The predicted octanol–water partition coefficient (Wildman–Crippen LogP) is 0.790. The third-order valence-electron chi connectivity index (χ3n) is 2.96. The van der Waals surface area contributed by atoms with Gasteiger partial charge in [-0.25, -0.2) is 4.79 Å². The smallest absolute Gasteiger partial charge is 0.335 e. The molecule has 24 heavy (non-hydrogen) atoms. The number of benzene rings is 1. The van der Waals surface area contributed by atoms with Crippen LogP contribution >= 0.6 is 11.8 Å². The number of carbonyl (C=O) groups excluding carboxylic acids is 1. The van der Waals surface area contributed by atoms with E-state index in [1.165, 1.54) is 31.5 Å². The van der Waals surface area contributed by atoms with Gasteiger partial charge in [-0.15, -0.1) is 5.10 Å². The lowest BCUT2D eigenvalue weighted by Crippen LogP contribution is -2.26. The first-order valence-electron chi connectivity index (χ1n) is 6.62. The van der Waals surface area contributed by atoms with Crippen LogP contribution in [-0.4, -0.2) is 51.8 Å². The van der Waals surface area contributed by atoms with Crippen molar-refractivity contribution in [1.29, 1.82) is 0 Å². The average molecular weight is 351 g/mol. The molecule has 1 fully saturated rings. The number of thioether (sulfide) groups is 1. The molecule has 1 aliphatic heterocycles. The van der Waals surface area contributed by atoms with Crippen molar-refractivity contribution in [3.8, 4) is 5.75 Å². The van der Waals surface area contributed by atoms with Crippen LogP contribution in [0.1, 0.15) is 22.3 Å². The highest BCUT2D eigenvalue weighted by molar-refractivity contribution is 8.15. The quantitative estimate of drug-likeness (QED) is 0.509. The Kier molecular flexibility index (Phi) is 5.53. The van der Waals surface area contributed by atoms with Crippen molar-refractivity contribution < 1.29 is 29.3 Å². The number of aromatic carboxylic acids is 1. The fraction of sp³-hybridized carbons (Fsp3) is 0.214. The van der Waals surface area contributed by atoms with E-state index in [9.17, 15) is 14.4 Å². The van der Waals surface area contributed by atoms with Gasteiger partial charge in [0.25, 0.3) is 0 Å². The van der Waals surface area contributed by atoms with Crippen LogP contribution in [0.4, 0.5) is 0 Å². The largest absolute Gasteiger partial charge is 0.496 e. The molecule has 0 aliphatic carbocycles. The summed E-state index contributed by atoms with van der Waals surface area (Å²) in [6.45, 7) is 0. The summed E-state index contributed by atoms with van der Waals surface area (Å²) in [5.74, 6) is -2.20. The number of carboxylic acid groups (broad SMARTS) is 2. The summed E-state index contributed by atoms with van der Waals surface area (Å²) in [5.41, 5.74) is 0.466. The summed E-state index contributed by atoms with van der Waals surface area (Å²) >= 11 is 0.970. The van der Waals surface area contributed by atoms with Crippen molar-refractivity contribution >= 4 is 41.0 Å². The molecule has 1 heterocycles. The normalized spacial score (nSPS) is 18.8. The zero-order valence-corrected chi connectivity index (χ0v) is 13.2. The van der Waals surface area contributed by atoms with E-state index in [0.717, 1.165) is 11.8 Å². The fourth-order valence-electron chi connectivity index (χ4n) is 1.86. The van der Waals surface area contributed by atoms with Crippen molar-refractivity contribution in [1.82, 2.24) is 5.32 Å². The van der Waals surface area contributed by atoms with Crippen LogP contribution < -0.4 is 10.1 Å². The molecule has 0 aromatic heterocycles. The maximum atomic E-state index is 11.6. The second-order valence-corrected chi connectivity index (χ2v) is 5.80. The molecule has 10 heteroatoms. The van der Waals surface area contributed by atoms with Gasteiger partial charge in [-0.2, -0.15) is 5.10 Å². The van der Waals surface area contributed by atoms with Gasteiger partial charge < -0.3 is 20.3 Å². The Labute approximate surface area is 140 Å². The van der Waals surface area contributed by atoms with Gasteiger partial charge in [0.1, 0.15) is 11.0 Å². The molecule has 1 aliphatic rings. The predicted molar refractivity (Wildman–Crippen MR) is 86.8 cm³/mol. The number of carbonyl (C=O) groups is 3. The topological polar surface area (TPSA) is 138 Å². The maximum Gasteiger partial charge on any atom is 0.335 e. The fourth-order valence-corrected chi connectivity index (χ4v) is 2.77. The van der Waals surface area contributed by atoms with Crippen molar-refractivity contribution in [2.75, 3.05) is 7.11 Å². The maximum absolute atomic E-state index is 11.6. The SMILES string of the molecule is COc1ccc(C(=O)O)cc1C=NN=C1NC(=O)C(CC(=O)O)S1. The first-order valence-corrected chi connectivity index (χ1v) is 7.50. The molecule has 0 bridgehead atoms. The van der Waals surface area contributed by atoms with Gasteiger partial charge in [-0.05, 0) is 18.2 Å². The summed E-state index contributed by atoms with van der Waals surface area (Å²) in [4.78, 5) is 33.2. The number of amidine groups is 1. The number of ether oxygens (including phenoxy) is 1. The molecule has 1 aromatic rings. The zero-order chi connectivity index (χ0) is 17.7. The molecule has 9 nitrogen and oxygen atoms in total. The first kappa shape index (κ1) is 17.5. The zero-order valence-electron chi connectivity index (χ0n) is 12.4. The van der Waals surface area contributed by atoms with E-state index in [2.05, 4.69) is 15.5 Å². The molecular formula is C14H13N3O6S. The molecule has 1 aromatic carbocycles. The Bertz CT molecular complexity index is 746. The highest BCUT2D eigenvalue weighted by atomic mass is 32.2. The molecular weight excluding hydrogens is 338 g/mol. The average Bonchev–Trinajstić information content (AvgIpc) is 2.86. The Morgan fingerprint density at radius 2 is 2.17 bits per heavy atom. The van der Waals surface area contributed by atoms with Gasteiger partial charge in [0.2, 0.25) is 5.91 Å². The van der Waals surface area contributed by atoms with Crippen molar-refractivity contribution in [2.24, 2.45) is 10.2 Å². The number of carboxylic acids is 2. The highest BCUT2D eigenvalue weighted by Crippen LogP contribution is 2.22. The lowest BCUT2D eigenvalue weighted by molar-refractivity contribution is -0.138. The molecule has 0 spiro atoms. The lowest BCUT2D eigenvalue weighted by Gasteiger charge is -2.04. The Morgan fingerprint density at radius 1 is 1.42 bits per heavy atom. The van der Waals surface area contributed by atoms with Crippen LogP contribution in [0.25, 0.3) is 0 Å². The Balaban J connectivity index is 2.14. The van der Waals surface area contributed by atoms with Gasteiger partial charge in [-0.3, -0.25) is 9.59 Å². The molecule has 3 N–H and O–H groups in total. The molecule has 126 valence electrons. The summed E-state index contributed by atoms with van der Waals surface area (Å²) in [6.07, 6.45) is 0.975. The van der Waals surface area contributed by atoms with Gasteiger partial charge >= 0.3 is 11.9 Å². The number of nitrogens with zero attached hydrogens (tertiary/aromatic N) is 2. The van der Waals surface area contributed by atoms with Gasteiger partial charge in [0, 0.05) is 5.56 Å². The van der Waals surface area contributed by atoms with Crippen molar-refractivity contribution in [2.45, 2.75) is 11.7 Å². The van der Waals surface area contributed by atoms with E-state index in [0.29, 0.717) is 11.3 Å². The minimum Gasteiger partial charge on any atom is -0.496 e. The Hall–Kier alpha value is -2.88. The van der Waals surface area contributed by atoms with E-state index in [1.54, 1.807) is 0 Å². The van der Waals surface area contributed by atoms with Gasteiger partial charge in [-0.1, -0.05) is 11.8 Å². The number of hydrogen-bond acceptors (Lipinski definition) is 7. The molecule has 0 radical (unpaired) electrons. The molecule has 2 rings (SSSR count). The number of aliphatic carboxylic acids is 1. The molecule has 1 unspecified atom stereocenters. The minimum absolute atomic E-state index is 0.0648. The van der Waals surface area contributed by atoms with E-state index in [4.69, 9.17) is 14.9 Å².